The van der Waals surface area contributed by atoms with Gasteiger partial charge in [-0.15, -0.1) is 0 Å². The number of hydrogen-bond donors (Lipinski definition) is 1. The molecule has 2 N–H and O–H groups in total. The van der Waals surface area contributed by atoms with Gasteiger partial charge in [-0.25, -0.2) is 4.98 Å². The van der Waals surface area contributed by atoms with E-state index in [1.807, 2.05) is 6.33 Å². The lowest BCUT2D eigenvalue weighted by molar-refractivity contribution is -0.0619. The fourth-order valence-corrected chi connectivity index (χ4v) is 5.80. The summed E-state index contributed by atoms with van der Waals surface area (Å²) in [5, 5.41) is 0. The maximum absolute atomic E-state index is 5.87. The minimum atomic E-state index is 0.206. The largest absolute Gasteiger partial charge is 0.337 e. The van der Waals surface area contributed by atoms with Crippen LogP contribution in [-0.2, 0) is 13.0 Å². The third kappa shape index (κ3) is 2.30. The van der Waals surface area contributed by atoms with Crippen molar-refractivity contribution in [2.24, 2.45) is 28.9 Å². The highest BCUT2D eigenvalue weighted by Crippen LogP contribution is 2.60. The SMILES string of the molecule is CC(N)Cc1cn(CC23CC4CC(CC(C4)C2)C3)cn1. The predicted octanol–water partition coefficient (Wildman–Crippen LogP) is 2.99. The lowest BCUT2D eigenvalue weighted by Crippen LogP contribution is -2.47. The molecule has 0 radical (unpaired) electrons. The van der Waals surface area contributed by atoms with Gasteiger partial charge in [0.15, 0.2) is 0 Å². The molecule has 0 spiro atoms. The Bertz CT molecular complexity index is 453. The molecule has 3 heteroatoms. The van der Waals surface area contributed by atoms with Crippen molar-refractivity contribution in [3.05, 3.63) is 18.2 Å². The van der Waals surface area contributed by atoms with E-state index in [-0.39, 0.29) is 6.04 Å². The second kappa shape index (κ2) is 4.59. The molecule has 1 unspecified atom stereocenters. The summed E-state index contributed by atoms with van der Waals surface area (Å²) in [5.74, 6) is 3.11. The third-order valence-electron chi connectivity index (χ3n) is 5.90. The number of nitrogens with two attached hydrogens (primary N) is 1. The quantitative estimate of drug-likeness (QED) is 0.916. The first-order valence-corrected chi connectivity index (χ1v) is 8.36. The van der Waals surface area contributed by atoms with E-state index in [4.69, 9.17) is 5.73 Å². The topological polar surface area (TPSA) is 43.8 Å². The molecule has 0 aliphatic heterocycles. The highest BCUT2D eigenvalue weighted by atomic mass is 15.0. The van der Waals surface area contributed by atoms with Crippen LogP contribution in [0.25, 0.3) is 0 Å². The maximum atomic E-state index is 5.87. The molecule has 1 atom stereocenters. The number of rotatable bonds is 4. The van der Waals surface area contributed by atoms with E-state index in [0.29, 0.717) is 5.41 Å². The summed E-state index contributed by atoms with van der Waals surface area (Å²) in [6.45, 7) is 3.25. The van der Waals surface area contributed by atoms with Crippen LogP contribution in [0.1, 0.15) is 51.1 Å². The van der Waals surface area contributed by atoms with E-state index in [1.54, 1.807) is 0 Å². The number of imidazole rings is 1. The normalized spacial score (nSPS) is 40.2. The van der Waals surface area contributed by atoms with Crippen LogP contribution in [0.2, 0.25) is 0 Å². The zero-order valence-electron chi connectivity index (χ0n) is 12.6. The van der Waals surface area contributed by atoms with Crippen LogP contribution in [0.5, 0.6) is 0 Å². The first-order chi connectivity index (χ1) is 9.60. The highest BCUT2D eigenvalue weighted by molar-refractivity contribution is 5.04. The number of aromatic nitrogens is 2. The summed E-state index contributed by atoms with van der Waals surface area (Å²) in [4.78, 5) is 4.54. The van der Waals surface area contributed by atoms with Crippen LogP contribution in [-0.4, -0.2) is 15.6 Å². The van der Waals surface area contributed by atoms with Crippen LogP contribution < -0.4 is 5.73 Å². The fourth-order valence-electron chi connectivity index (χ4n) is 5.80. The Morgan fingerprint density at radius 1 is 1.25 bits per heavy atom. The molecule has 0 aromatic carbocycles. The molecule has 1 aromatic rings. The van der Waals surface area contributed by atoms with E-state index in [9.17, 15) is 0 Å². The molecule has 110 valence electrons. The van der Waals surface area contributed by atoms with Crippen molar-refractivity contribution < 1.29 is 0 Å². The molecule has 1 heterocycles. The summed E-state index contributed by atoms with van der Waals surface area (Å²) in [5.41, 5.74) is 7.63. The lowest BCUT2D eigenvalue weighted by atomic mass is 9.49. The van der Waals surface area contributed by atoms with Crippen molar-refractivity contribution in [2.45, 2.75) is 64.5 Å². The summed E-state index contributed by atoms with van der Waals surface area (Å²) >= 11 is 0. The summed E-state index contributed by atoms with van der Waals surface area (Å²) in [6, 6.07) is 0.206. The van der Waals surface area contributed by atoms with Gasteiger partial charge in [-0.1, -0.05) is 0 Å². The second-order valence-electron chi connectivity index (χ2n) is 8.14. The maximum Gasteiger partial charge on any atom is 0.0949 e. The summed E-state index contributed by atoms with van der Waals surface area (Å²) < 4.78 is 2.35. The van der Waals surface area contributed by atoms with Gasteiger partial charge in [0.2, 0.25) is 0 Å². The first-order valence-electron chi connectivity index (χ1n) is 8.36. The summed E-state index contributed by atoms with van der Waals surface area (Å²) in [7, 11) is 0. The van der Waals surface area contributed by atoms with Crippen molar-refractivity contribution in [1.29, 1.82) is 0 Å². The Labute approximate surface area is 122 Å². The molecule has 4 fully saturated rings. The minimum absolute atomic E-state index is 0.206. The van der Waals surface area contributed by atoms with Crippen LogP contribution in [0.15, 0.2) is 12.5 Å². The molecule has 5 rings (SSSR count). The average molecular weight is 273 g/mol. The van der Waals surface area contributed by atoms with E-state index in [2.05, 4.69) is 22.7 Å². The van der Waals surface area contributed by atoms with Gasteiger partial charge in [-0.2, -0.15) is 0 Å². The van der Waals surface area contributed by atoms with Crippen molar-refractivity contribution >= 4 is 0 Å². The lowest BCUT2D eigenvalue weighted by Gasteiger charge is -2.57. The molecule has 0 saturated heterocycles. The molecule has 20 heavy (non-hydrogen) atoms. The van der Waals surface area contributed by atoms with Gasteiger partial charge < -0.3 is 10.3 Å². The Kier molecular flexibility index (Phi) is 2.95. The fraction of sp³-hybridized carbons (Fsp3) is 0.824. The minimum Gasteiger partial charge on any atom is -0.337 e. The Hall–Kier alpha value is -0.830. The molecule has 4 saturated carbocycles. The van der Waals surface area contributed by atoms with Crippen molar-refractivity contribution in [1.82, 2.24) is 9.55 Å². The Morgan fingerprint density at radius 2 is 1.85 bits per heavy atom. The van der Waals surface area contributed by atoms with Crippen molar-refractivity contribution in [3.8, 4) is 0 Å². The molecule has 4 bridgehead atoms. The van der Waals surface area contributed by atoms with Gasteiger partial charge >= 0.3 is 0 Å². The molecular weight excluding hydrogens is 246 g/mol. The average Bonchev–Trinajstić information content (AvgIpc) is 2.72. The van der Waals surface area contributed by atoms with Gasteiger partial charge in [0.1, 0.15) is 0 Å². The van der Waals surface area contributed by atoms with Gasteiger partial charge in [-0.3, -0.25) is 0 Å². The Balaban J connectivity index is 1.49. The van der Waals surface area contributed by atoms with Gasteiger partial charge in [0.05, 0.1) is 12.0 Å². The molecule has 3 nitrogen and oxygen atoms in total. The van der Waals surface area contributed by atoms with Crippen LogP contribution >= 0.6 is 0 Å². The first kappa shape index (κ1) is 12.9. The van der Waals surface area contributed by atoms with Gasteiger partial charge in [0.25, 0.3) is 0 Å². The van der Waals surface area contributed by atoms with Crippen LogP contribution in [0, 0.1) is 23.2 Å². The smallest absolute Gasteiger partial charge is 0.0949 e. The highest BCUT2D eigenvalue weighted by Gasteiger charge is 2.50. The molecule has 4 aliphatic carbocycles. The van der Waals surface area contributed by atoms with E-state index < -0.39 is 0 Å². The van der Waals surface area contributed by atoms with Crippen molar-refractivity contribution in [2.75, 3.05) is 0 Å². The molecule has 1 aromatic heterocycles. The zero-order chi connectivity index (χ0) is 13.7. The summed E-state index contributed by atoms with van der Waals surface area (Å²) in [6.07, 6.45) is 14.2. The van der Waals surface area contributed by atoms with Gasteiger partial charge in [-0.05, 0) is 68.6 Å². The van der Waals surface area contributed by atoms with E-state index >= 15 is 0 Å². The van der Waals surface area contributed by atoms with Crippen LogP contribution in [0.4, 0.5) is 0 Å². The molecule has 4 aliphatic rings. The second-order valence-corrected chi connectivity index (χ2v) is 8.14. The number of nitrogens with zero attached hydrogens (tertiary/aromatic N) is 2. The Morgan fingerprint density at radius 3 is 2.40 bits per heavy atom. The standard InChI is InChI=1S/C17H27N3/c1-12(18)2-16-9-20(11-19-16)10-17-6-13-3-14(7-17)5-15(4-13)8-17/h9,11-15H,2-8,10,18H2,1H3. The van der Waals surface area contributed by atoms with E-state index in [1.165, 1.54) is 45.1 Å². The number of hydrogen-bond acceptors (Lipinski definition) is 2. The molecular formula is C17H27N3. The van der Waals surface area contributed by atoms with Crippen molar-refractivity contribution in [3.63, 3.8) is 0 Å². The predicted molar refractivity (Wildman–Crippen MR) is 80.2 cm³/mol. The zero-order valence-corrected chi connectivity index (χ0v) is 12.6. The third-order valence-corrected chi connectivity index (χ3v) is 5.90. The van der Waals surface area contributed by atoms with Gasteiger partial charge in [0, 0.05) is 25.2 Å². The van der Waals surface area contributed by atoms with Crippen LogP contribution in [0.3, 0.4) is 0 Å². The molecule has 0 amide bonds. The van der Waals surface area contributed by atoms with E-state index in [0.717, 1.165) is 29.9 Å². The monoisotopic (exact) mass is 273 g/mol.